The SMILES string of the molecule is COc1ccc2cc(C(C)C(=O)NC(C)c3cc(C)ccc3OC)ccc2c1. The Morgan fingerprint density at radius 2 is 1.61 bits per heavy atom. The number of benzene rings is 3. The van der Waals surface area contributed by atoms with Crippen molar-refractivity contribution < 1.29 is 14.3 Å². The van der Waals surface area contributed by atoms with Crippen LogP contribution in [0.2, 0.25) is 0 Å². The second-order valence-electron chi connectivity index (χ2n) is 7.17. The summed E-state index contributed by atoms with van der Waals surface area (Å²) in [6, 6.07) is 17.9. The summed E-state index contributed by atoms with van der Waals surface area (Å²) >= 11 is 0. The van der Waals surface area contributed by atoms with E-state index in [4.69, 9.17) is 9.47 Å². The van der Waals surface area contributed by atoms with E-state index in [0.29, 0.717) is 0 Å². The lowest BCUT2D eigenvalue weighted by Crippen LogP contribution is -2.30. The Bertz CT molecular complexity index is 996. The fourth-order valence-electron chi connectivity index (χ4n) is 3.40. The fourth-order valence-corrected chi connectivity index (χ4v) is 3.40. The number of carbonyl (C=O) groups is 1. The summed E-state index contributed by atoms with van der Waals surface area (Å²) < 4.78 is 10.7. The normalized spacial score (nSPS) is 13.0. The molecule has 2 atom stereocenters. The number of nitrogens with one attached hydrogen (secondary N) is 1. The van der Waals surface area contributed by atoms with Crippen LogP contribution in [0.5, 0.6) is 11.5 Å². The predicted molar refractivity (Wildman–Crippen MR) is 113 cm³/mol. The molecule has 0 spiro atoms. The van der Waals surface area contributed by atoms with Gasteiger partial charge in [-0.25, -0.2) is 0 Å². The zero-order chi connectivity index (χ0) is 20.3. The maximum absolute atomic E-state index is 12.9. The Kier molecular flexibility index (Phi) is 5.88. The van der Waals surface area contributed by atoms with E-state index in [1.807, 2.05) is 63.2 Å². The Balaban J connectivity index is 1.79. The third-order valence-electron chi connectivity index (χ3n) is 5.18. The molecule has 0 heterocycles. The molecule has 4 heteroatoms. The van der Waals surface area contributed by atoms with E-state index in [9.17, 15) is 4.79 Å². The van der Waals surface area contributed by atoms with Gasteiger partial charge in [0.2, 0.25) is 5.91 Å². The highest BCUT2D eigenvalue weighted by molar-refractivity contribution is 5.88. The standard InChI is InChI=1S/C24H27NO3/c1-15-6-11-23(28-5)22(12-15)17(3)25-24(26)16(2)18-7-8-20-14-21(27-4)10-9-19(20)13-18/h6-14,16-17H,1-5H3,(H,25,26). The van der Waals surface area contributed by atoms with Gasteiger partial charge in [-0.05, 0) is 55.3 Å². The quantitative estimate of drug-likeness (QED) is 0.646. The second-order valence-corrected chi connectivity index (χ2v) is 7.17. The molecule has 3 rings (SSSR count). The average Bonchev–Trinajstić information content (AvgIpc) is 2.72. The van der Waals surface area contributed by atoms with Crippen LogP contribution in [0.1, 0.15) is 42.5 Å². The first-order valence-corrected chi connectivity index (χ1v) is 9.45. The molecule has 146 valence electrons. The molecule has 1 N–H and O–H groups in total. The van der Waals surface area contributed by atoms with Crippen LogP contribution in [0.25, 0.3) is 10.8 Å². The van der Waals surface area contributed by atoms with Gasteiger partial charge in [0.05, 0.1) is 26.2 Å². The molecule has 3 aromatic carbocycles. The number of carbonyl (C=O) groups excluding carboxylic acids is 1. The van der Waals surface area contributed by atoms with Crippen LogP contribution in [0.3, 0.4) is 0 Å². The predicted octanol–water partition coefficient (Wildman–Crippen LogP) is 5.15. The minimum Gasteiger partial charge on any atom is -0.497 e. The number of amides is 1. The molecule has 0 aliphatic carbocycles. The minimum absolute atomic E-state index is 0.0103. The zero-order valence-corrected chi connectivity index (χ0v) is 17.1. The van der Waals surface area contributed by atoms with Crippen LogP contribution in [-0.4, -0.2) is 20.1 Å². The molecule has 1 amide bonds. The highest BCUT2D eigenvalue weighted by Crippen LogP contribution is 2.28. The molecule has 0 fully saturated rings. The number of ether oxygens (including phenoxy) is 2. The van der Waals surface area contributed by atoms with Crippen molar-refractivity contribution >= 4 is 16.7 Å². The highest BCUT2D eigenvalue weighted by Gasteiger charge is 2.20. The molecule has 2 unspecified atom stereocenters. The fraction of sp³-hybridized carbons (Fsp3) is 0.292. The zero-order valence-electron chi connectivity index (χ0n) is 17.1. The number of hydrogen-bond acceptors (Lipinski definition) is 3. The number of aryl methyl sites for hydroxylation is 1. The Morgan fingerprint density at radius 1 is 0.893 bits per heavy atom. The molecule has 0 aliphatic heterocycles. The van der Waals surface area contributed by atoms with E-state index in [0.717, 1.165) is 39.0 Å². The number of rotatable bonds is 6. The third kappa shape index (κ3) is 4.11. The Hall–Kier alpha value is -3.01. The monoisotopic (exact) mass is 377 g/mol. The van der Waals surface area contributed by atoms with Gasteiger partial charge in [0.1, 0.15) is 11.5 Å². The summed E-state index contributed by atoms with van der Waals surface area (Å²) in [5, 5.41) is 5.30. The summed E-state index contributed by atoms with van der Waals surface area (Å²) in [6.07, 6.45) is 0. The van der Waals surface area contributed by atoms with Crippen LogP contribution >= 0.6 is 0 Å². The van der Waals surface area contributed by atoms with Gasteiger partial charge in [-0.3, -0.25) is 4.79 Å². The van der Waals surface area contributed by atoms with Gasteiger partial charge in [0.25, 0.3) is 0 Å². The first kappa shape index (κ1) is 19.7. The van der Waals surface area contributed by atoms with E-state index >= 15 is 0 Å². The maximum atomic E-state index is 12.9. The second kappa shape index (κ2) is 8.34. The molecule has 0 radical (unpaired) electrons. The summed E-state index contributed by atoms with van der Waals surface area (Å²) in [7, 11) is 3.31. The summed E-state index contributed by atoms with van der Waals surface area (Å²) in [5.41, 5.74) is 3.10. The van der Waals surface area contributed by atoms with Crippen LogP contribution < -0.4 is 14.8 Å². The first-order valence-electron chi connectivity index (χ1n) is 9.45. The summed E-state index contributed by atoms with van der Waals surface area (Å²) in [6.45, 7) is 5.94. The van der Waals surface area contributed by atoms with Crippen molar-refractivity contribution in [1.82, 2.24) is 5.32 Å². The van der Waals surface area contributed by atoms with Crippen molar-refractivity contribution in [2.75, 3.05) is 14.2 Å². The lowest BCUT2D eigenvalue weighted by molar-refractivity contribution is -0.122. The molecule has 0 aromatic heterocycles. The average molecular weight is 377 g/mol. The number of hydrogen-bond donors (Lipinski definition) is 1. The van der Waals surface area contributed by atoms with Crippen molar-refractivity contribution in [3.05, 3.63) is 71.3 Å². The highest BCUT2D eigenvalue weighted by atomic mass is 16.5. The van der Waals surface area contributed by atoms with Gasteiger partial charge in [-0.2, -0.15) is 0 Å². The molecular formula is C24H27NO3. The molecule has 4 nitrogen and oxygen atoms in total. The molecule has 0 saturated heterocycles. The Morgan fingerprint density at radius 3 is 2.32 bits per heavy atom. The van der Waals surface area contributed by atoms with E-state index in [1.165, 1.54) is 0 Å². The molecule has 0 aliphatic rings. The third-order valence-corrected chi connectivity index (χ3v) is 5.18. The first-order chi connectivity index (χ1) is 13.4. The molecule has 3 aromatic rings. The smallest absolute Gasteiger partial charge is 0.227 e. The molecule has 0 bridgehead atoms. The van der Waals surface area contributed by atoms with Gasteiger partial charge in [0, 0.05) is 5.56 Å². The molecule has 28 heavy (non-hydrogen) atoms. The van der Waals surface area contributed by atoms with E-state index < -0.39 is 0 Å². The van der Waals surface area contributed by atoms with Gasteiger partial charge in [-0.15, -0.1) is 0 Å². The maximum Gasteiger partial charge on any atom is 0.227 e. The van der Waals surface area contributed by atoms with E-state index in [2.05, 4.69) is 17.4 Å². The molecular weight excluding hydrogens is 350 g/mol. The van der Waals surface area contributed by atoms with E-state index in [1.54, 1.807) is 14.2 Å². The lowest BCUT2D eigenvalue weighted by Gasteiger charge is -2.21. The number of fused-ring (bicyclic) bond motifs is 1. The summed E-state index contributed by atoms with van der Waals surface area (Å²) in [4.78, 5) is 12.9. The largest absolute Gasteiger partial charge is 0.497 e. The van der Waals surface area contributed by atoms with Crippen LogP contribution in [-0.2, 0) is 4.79 Å². The molecule has 0 saturated carbocycles. The van der Waals surface area contributed by atoms with Crippen LogP contribution in [0.15, 0.2) is 54.6 Å². The van der Waals surface area contributed by atoms with Gasteiger partial charge < -0.3 is 14.8 Å². The van der Waals surface area contributed by atoms with Crippen LogP contribution in [0, 0.1) is 6.92 Å². The van der Waals surface area contributed by atoms with Crippen molar-refractivity contribution in [2.45, 2.75) is 32.7 Å². The van der Waals surface area contributed by atoms with Crippen molar-refractivity contribution in [1.29, 1.82) is 0 Å². The van der Waals surface area contributed by atoms with Crippen molar-refractivity contribution in [3.63, 3.8) is 0 Å². The van der Waals surface area contributed by atoms with Crippen molar-refractivity contribution in [2.24, 2.45) is 0 Å². The lowest BCUT2D eigenvalue weighted by atomic mass is 9.96. The summed E-state index contributed by atoms with van der Waals surface area (Å²) in [5.74, 6) is 1.34. The van der Waals surface area contributed by atoms with Gasteiger partial charge in [-0.1, -0.05) is 42.0 Å². The topological polar surface area (TPSA) is 47.6 Å². The van der Waals surface area contributed by atoms with Gasteiger partial charge >= 0.3 is 0 Å². The van der Waals surface area contributed by atoms with Crippen molar-refractivity contribution in [3.8, 4) is 11.5 Å². The number of methoxy groups -OCH3 is 2. The Labute approximate surface area is 166 Å². The van der Waals surface area contributed by atoms with Crippen LogP contribution in [0.4, 0.5) is 0 Å². The van der Waals surface area contributed by atoms with Gasteiger partial charge in [0.15, 0.2) is 0 Å². The van der Waals surface area contributed by atoms with E-state index in [-0.39, 0.29) is 17.9 Å². The minimum atomic E-state index is -0.259.